The van der Waals surface area contributed by atoms with Crippen molar-refractivity contribution in [3.05, 3.63) is 65.7 Å². The first kappa shape index (κ1) is 26.6. The summed E-state index contributed by atoms with van der Waals surface area (Å²) in [5.41, 5.74) is 7.23. The van der Waals surface area contributed by atoms with Gasteiger partial charge in [0.15, 0.2) is 0 Å². The highest BCUT2D eigenvalue weighted by Crippen LogP contribution is 2.44. The summed E-state index contributed by atoms with van der Waals surface area (Å²) in [6, 6.07) is 14.7. The van der Waals surface area contributed by atoms with E-state index in [1.54, 1.807) is 23.1 Å². The molecule has 2 aliphatic heterocycles. The predicted molar refractivity (Wildman–Crippen MR) is 138 cm³/mol. The summed E-state index contributed by atoms with van der Waals surface area (Å²) in [6.07, 6.45) is 3.26. The molecule has 2 saturated heterocycles. The number of hydrogen-bond acceptors (Lipinski definition) is 6. The van der Waals surface area contributed by atoms with Gasteiger partial charge in [-0.05, 0) is 49.1 Å². The van der Waals surface area contributed by atoms with Crippen LogP contribution in [-0.2, 0) is 20.8 Å². The van der Waals surface area contributed by atoms with Gasteiger partial charge in [-0.1, -0.05) is 48.9 Å². The molecule has 0 saturated carbocycles. The highest BCUT2D eigenvalue weighted by atomic mass is 16.5. The van der Waals surface area contributed by atoms with Crippen LogP contribution in [0.25, 0.3) is 0 Å². The summed E-state index contributed by atoms with van der Waals surface area (Å²) in [4.78, 5) is 42.0. The number of piperazine rings is 1. The number of amides is 3. The van der Waals surface area contributed by atoms with Crippen LogP contribution in [0, 0.1) is 5.92 Å². The number of aliphatic hydroxyl groups is 1. The van der Waals surface area contributed by atoms with Crippen molar-refractivity contribution in [2.75, 3.05) is 26.3 Å². The van der Waals surface area contributed by atoms with Gasteiger partial charge in [-0.15, -0.1) is 0 Å². The molecule has 2 fully saturated rings. The molecule has 0 unspecified atom stereocenters. The summed E-state index contributed by atoms with van der Waals surface area (Å²) in [7, 11) is 0. The first-order chi connectivity index (χ1) is 18.0. The summed E-state index contributed by atoms with van der Waals surface area (Å²) < 4.78 is 5.59. The van der Waals surface area contributed by atoms with E-state index < -0.39 is 24.0 Å². The number of rotatable bonds is 12. The summed E-state index contributed by atoms with van der Waals surface area (Å²) in [5, 5.41) is 15.1. The van der Waals surface area contributed by atoms with Crippen LogP contribution in [-0.4, -0.2) is 66.1 Å². The predicted octanol–water partition coefficient (Wildman–Crippen LogP) is 1.30. The van der Waals surface area contributed by atoms with Gasteiger partial charge >= 0.3 is 0 Å². The lowest BCUT2D eigenvalue weighted by atomic mass is 9.92. The Hall–Kier alpha value is -3.43. The quantitative estimate of drug-likeness (QED) is 0.320. The largest absolute Gasteiger partial charge is 0.491 e. The molecule has 198 valence electrons. The second-order valence-corrected chi connectivity index (χ2v) is 9.58. The minimum absolute atomic E-state index is 0.128. The SMILES string of the molecule is NCCCCCNC(=O)[C@H]1C[C@H]2C(=O)N[C@@H](Cc3ccccc3)C(=O)N2[C@H]1c1cccc(OCCO)c1. The Balaban J connectivity index is 1.61. The van der Waals surface area contributed by atoms with Gasteiger partial charge in [0.25, 0.3) is 0 Å². The molecule has 0 radical (unpaired) electrons. The highest BCUT2D eigenvalue weighted by molar-refractivity contribution is 5.99. The number of carbonyl (C=O) groups is 3. The fourth-order valence-corrected chi connectivity index (χ4v) is 5.28. The number of fused-ring (bicyclic) bond motifs is 1. The van der Waals surface area contributed by atoms with Crippen molar-refractivity contribution in [2.24, 2.45) is 11.7 Å². The van der Waals surface area contributed by atoms with Crippen LogP contribution in [0.3, 0.4) is 0 Å². The molecule has 3 amide bonds. The summed E-state index contributed by atoms with van der Waals surface area (Å²) >= 11 is 0. The Kier molecular flexibility index (Phi) is 9.14. The molecule has 0 aliphatic carbocycles. The van der Waals surface area contributed by atoms with E-state index in [9.17, 15) is 14.4 Å². The van der Waals surface area contributed by atoms with Gasteiger partial charge in [0.2, 0.25) is 17.7 Å². The normalized spacial score (nSPS) is 22.9. The van der Waals surface area contributed by atoms with Crippen molar-refractivity contribution in [3.8, 4) is 5.75 Å². The minimum Gasteiger partial charge on any atom is -0.491 e. The van der Waals surface area contributed by atoms with Gasteiger partial charge in [-0.25, -0.2) is 0 Å². The maximum Gasteiger partial charge on any atom is 0.246 e. The zero-order valence-electron chi connectivity index (χ0n) is 21.0. The van der Waals surface area contributed by atoms with Gasteiger partial charge in [0.05, 0.1) is 18.6 Å². The number of unbranched alkanes of at least 4 members (excludes halogenated alkanes) is 2. The smallest absolute Gasteiger partial charge is 0.246 e. The third-order valence-electron chi connectivity index (χ3n) is 7.02. The van der Waals surface area contributed by atoms with Crippen molar-refractivity contribution in [1.29, 1.82) is 0 Å². The molecule has 9 heteroatoms. The number of aliphatic hydroxyl groups excluding tert-OH is 1. The number of carbonyl (C=O) groups excluding carboxylic acids is 3. The van der Waals surface area contributed by atoms with Crippen LogP contribution in [0.5, 0.6) is 5.75 Å². The average molecular weight is 509 g/mol. The molecule has 2 heterocycles. The van der Waals surface area contributed by atoms with Crippen LogP contribution in [0.2, 0.25) is 0 Å². The first-order valence-corrected chi connectivity index (χ1v) is 13.0. The van der Waals surface area contributed by atoms with Crippen molar-refractivity contribution >= 4 is 17.7 Å². The zero-order valence-corrected chi connectivity index (χ0v) is 21.0. The minimum atomic E-state index is -0.723. The Morgan fingerprint density at radius 1 is 1.11 bits per heavy atom. The lowest BCUT2D eigenvalue weighted by Crippen LogP contribution is -2.62. The lowest BCUT2D eigenvalue weighted by molar-refractivity contribution is -0.149. The maximum absolute atomic E-state index is 13.8. The molecule has 37 heavy (non-hydrogen) atoms. The molecule has 4 atom stereocenters. The van der Waals surface area contributed by atoms with Crippen LogP contribution in [0.4, 0.5) is 0 Å². The number of hydrogen-bond donors (Lipinski definition) is 4. The highest BCUT2D eigenvalue weighted by Gasteiger charge is 2.54. The van der Waals surface area contributed by atoms with Gasteiger partial charge < -0.3 is 31.1 Å². The molecule has 4 rings (SSSR count). The van der Waals surface area contributed by atoms with E-state index in [1.807, 2.05) is 36.4 Å². The van der Waals surface area contributed by atoms with Gasteiger partial charge in [-0.2, -0.15) is 0 Å². The molecule has 0 spiro atoms. The topological polar surface area (TPSA) is 134 Å². The Bertz CT molecular complexity index is 1080. The van der Waals surface area contributed by atoms with Gasteiger partial charge in [0, 0.05) is 13.0 Å². The van der Waals surface area contributed by atoms with E-state index >= 15 is 0 Å². The molecule has 2 aromatic rings. The van der Waals surface area contributed by atoms with Gasteiger partial charge in [-0.3, -0.25) is 14.4 Å². The van der Waals surface area contributed by atoms with E-state index in [4.69, 9.17) is 15.6 Å². The third kappa shape index (κ3) is 6.29. The number of nitrogens with one attached hydrogen (secondary N) is 2. The molecule has 0 aromatic heterocycles. The van der Waals surface area contributed by atoms with Gasteiger partial charge in [0.1, 0.15) is 24.4 Å². The van der Waals surface area contributed by atoms with E-state index in [-0.39, 0.29) is 37.4 Å². The standard InChI is InChI=1S/C28H36N4O5/c29-12-5-2-6-13-30-26(34)22-18-24-27(35)31-23(16-19-8-3-1-4-9-19)28(36)32(24)25(22)20-10-7-11-21(17-20)37-15-14-33/h1,3-4,7-11,17,22-25,33H,2,5-6,12-16,18,29H2,(H,30,34)(H,31,35)/t22-,23-,24-,25-/m0/s1. The fraction of sp³-hybridized carbons (Fsp3) is 0.464. The average Bonchev–Trinajstić information content (AvgIpc) is 3.33. The number of nitrogens with two attached hydrogens (primary N) is 1. The second-order valence-electron chi connectivity index (χ2n) is 9.58. The Morgan fingerprint density at radius 3 is 2.68 bits per heavy atom. The summed E-state index contributed by atoms with van der Waals surface area (Å²) in [5.74, 6) is -0.660. The third-order valence-corrected chi connectivity index (χ3v) is 7.02. The van der Waals surface area contributed by atoms with Crippen LogP contribution >= 0.6 is 0 Å². The fourth-order valence-electron chi connectivity index (χ4n) is 5.28. The Labute approximate surface area is 217 Å². The van der Waals surface area contributed by atoms with Crippen LogP contribution < -0.4 is 21.1 Å². The van der Waals surface area contributed by atoms with E-state index in [0.29, 0.717) is 25.3 Å². The van der Waals surface area contributed by atoms with Crippen molar-refractivity contribution in [2.45, 2.75) is 50.2 Å². The molecular weight excluding hydrogens is 472 g/mol. The monoisotopic (exact) mass is 508 g/mol. The number of benzene rings is 2. The van der Waals surface area contributed by atoms with E-state index in [1.165, 1.54) is 0 Å². The maximum atomic E-state index is 13.8. The molecular formula is C28H36N4O5. The van der Waals surface area contributed by atoms with E-state index in [2.05, 4.69) is 10.6 Å². The van der Waals surface area contributed by atoms with E-state index in [0.717, 1.165) is 30.4 Å². The molecule has 2 aromatic carbocycles. The van der Waals surface area contributed by atoms with Crippen LogP contribution in [0.15, 0.2) is 54.6 Å². The molecule has 0 bridgehead atoms. The first-order valence-electron chi connectivity index (χ1n) is 13.0. The molecule has 5 N–H and O–H groups in total. The number of nitrogens with zero attached hydrogens (tertiary/aromatic N) is 1. The summed E-state index contributed by atoms with van der Waals surface area (Å²) in [6.45, 7) is 1.14. The second kappa shape index (κ2) is 12.7. The van der Waals surface area contributed by atoms with Crippen molar-refractivity contribution in [1.82, 2.24) is 15.5 Å². The zero-order chi connectivity index (χ0) is 26.2. The van der Waals surface area contributed by atoms with Crippen molar-refractivity contribution < 1.29 is 24.2 Å². The number of ether oxygens (including phenoxy) is 1. The Morgan fingerprint density at radius 2 is 1.92 bits per heavy atom. The molecule has 2 aliphatic rings. The lowest BCUT2D eigenvalue weighted by Gasteiger charge is -2.38. The molecule has 9 nitrogen and oxygen atoms in total. The van der Waals surface area contributed by atoms with Crippen LogP contribution in [0.1, 0.15) is 42.9 Å². The van der Waals surface area contributed by atoms with Crippen molar-refractivity contribution in [3.63, 3.8) is 0 Å².